The standard InChI is InChI=1S/C54H31N5/c1-2-15-34(16-3-1)57-44-23-11-8-18-36(44)41-30-33(27-28-47(41)57)51-38-20-6-7-21-39(38)54(56-55-51)59-48-29-26-32-14-4-5-17-35(32)49(48)43-31-42-37-19-9-12-24-45(37)58-46-25-13-10-22-40(46)50(52(42)58)53(43)59/h1-31H. The first-order valence-electron chi connectivity index (χ1n) is 20.2. The van der Waals surface area contributed by atoms with Gasteiger partial charge in [-0.15, -0.1) is 10.2 Å². The van der Waals surface area contributed by atoms with Crippen molar-refractivity contribution in [2.45, 2.75) is 0 Å². The Kier molecular flexibility index (Phi) is 5.96. The topological polar surface area (TPSA) is 40.0 Å². The monoisotopic (exact) mass is 749 g/mol. The number of hydrogen-bond donors (Lipinski definition) is 0. The van der Waals surface area contributed by atoms with Crippen molar-refractivity contribution in [3.05, 3.63) is 188 Å². The third-order valence-corrected chi connectivity index (χ3v) is 12.8. The molecule has 0 amide bonds. The molecule has 0 bridgehead atoms. The Morgan fingerprint density at radius 2 is 0.932 bits per heavy atom. The summed E-state index contributed by atoms with van der Waals surface area (Å²) in [5, 5.41) is 24.9. The Labute approximate surface area is 336 Å². The van der Waals surface area contributed by atoms with Gasteiger partial charge in [0.05, 0.1) is 38.6 Å². The minimum absolute atomic E-state index is 0.823. The maximum Gasteiger partial charge on any atom is 0.168 e. The van der Waals surface area contributed by atoms with Crippen LogP contribution in [0.15, 0.2) is 188 Å². The molecule has 14 rings (SSSR count). The van der Waals surface area contributed by atoms with Crippen LogP contribution in [0.1, 0.15) is 0 Å². The summed E-state index contributed by atoms with van der Waals surface area (Å²) in [6, 6.07) is 68.1. The van der Waals surface area contributed by atoms with Gasteiger partial charge in [-0.25, -0.2) is 0 Å². The van der Waals surface area contributed by atoms with E-state index in [1.54, 1.807) is 0 Å². The normalized spacial score (nSPS) is 12.4. The zero-order valence-corrected chi connectivity index (χ0v) is 31.6. The molecule has 272 valence electrons. The Bertz CT molecular complexity index is 4070. The lowest BCUT2D eigenvalue weighted by atomic mass is 10.0. The van der Waals surface area contributed by atoms with E-state index in [0.29, 0.717) is 0 Å². The van der Waals surface area contributed by atoms with Crippen LogP contribution in [-0.4, -0.2) is 23.7 Å². The SMILES string of the molecule is c1ccc(-n2c3ccccc3c3cc(-c4nnc(-n5c6ccc7ccccc7c6c6cc7c8ccccc8n8c9ccccc9c(c65)c78)c5ccccc45)ccc32)cc1. The van der Waals surface area contributed by atoms with Crippen LogP contribution in [0.4, 0.5) is 0 Å². The molecule has 0 saturated heterocycles. The van der Waals surface area contributed by atoms with Gasteiger partial charge in [-0.3, -0.25) is 4.57 Å². The Balaban J connectivity index is 1.10. The summed E-state index contributed by atoms with van der Waals surface area (Å²) in [4.78, 5) is 0. The first-order valence-corrected chi connectivity index (χ1v) is 20.2. The molecule has 0 radical (unpaired) electrons. The van der Waals surface area contributed by atoms with Gasteiger partial charge in [0.1, 0.15) is 5.69 Å². The average Bonchev–Trinajstić information content (AvgIpc) is 4.03. The van der Waals surface area contributed by atoms with E-state index in [1.807, 2.05) is 0 Å². The van der Waals surface area contributed by atoms with E-state index in [-0.39, 0.29) is 0 Å². The van der Waals surface area contributed by atoms with Gasteiger partial charge in [0, 0.05) is 65.1 Å². The third-order valence-electron chi connectivity index (χ3n) is 12.8. The molecule has 0 N–H and O–H groups in total. The maximum absolute atomic E-state index is 5.27. The van der Waals surface area contributed by atoms with Crippen LogP contribution < -0.4 is 0 Å². The first kappa shape index (κ1) is 31.1. The van der Waals surface area contributed by atoms with Crippen molar-refractivity contribution in [1.29, 1.82) is 0 Å². The van der Waals surface area contributed by atoms with Gasteiger partial charge in [0.2, 0.25) is 0 Å². The second-order valence-electron chi connectivity index (χ2n) is 15.8. The predicted octanol–water partition coefficient (Wildman–Crippen LogP) is 13.8. The fourth-order valence-electron chi connectivity index (χ4n) is 10.4. The number of para-hydroxylation sites is 4. The molecule has 0 aliphatic heterocycles. The summed E-state index contributed by atoms with van der Waals surface area (Å²) in [6.07, 6.45) is 0. The van der Waals surface area contributed by atoms with Crippen LogP contribution in [0, 0.1) is 0 Å². The summed E-state index contributed by atoms with van der Waals surface area (Å²) in [6.45, 7) is 0. The van der Waals surface area contributed by atoms with Gasteiger partial charge in [0.15, 0.2) is 5.82 Å². The predicted molar refractivity (Wildman–Crippen MR) is 246 cm³/mol. The molecule has 59 heavy (non-hydrogen) atoms. The van der Waals surface area contributed by atoms with Gasteiger partial charge in [-0.05, 0) is 65.4 Å². The van der Waals surface area contributed by atoms with Gasteiger partial charge in [0.25, 0.3) is 0 Å². The van der Waals surface area contributed by atoms with Crippen LogP contribution >= 0.6 is 0 Å². The quantitative estimate of drug-likeness (QED) is 0.180. The van der Waals surface area contributed by atoms with Gasteiger partial charge in [-0.1, -0.05) is 133 Å². The molecule has 5 heteroatoms. The van der Waals surface area contributed by atoms with Crippen molar-refractivity contribution >= 4 is 103 Å². The molecule has 0 spiro atoms. The largest absolute Gasteiger partial charge is 0.309 e. The summed E-state index contributed by atoms with van der Waals surface area (Å²) >= 11 is 0. The van der Waals surface area contributed by atoms with E-state index in [0.717, 1.165) is 50.1 Å². The molecule has 0 unspecified atom stereocenters. The fraction of sp³-hybridized carbons (Fsp3) is 0. The molecule has 0 aliphatic rings. The Morgan fingerprint density at radius 1 is 0.322 bits per heavy atom. The molecule has 9 aromatic carbocycles. The molecule has 0 aliphatic carbocycles. The number of fused-ring (bicyclic) bond motifs is 16. The van der Waals surface area contributed by atoms with Gasteiger partial charge in [-0.2, -0.15) is 0 Å². The summed E-state index contributed by atoms with van der Waals surface area (Å²) in [5.41, 5.74) is 11.3. The van der Waals surface area contributed by atoms with Crippen LogP contribution in [-0.2, 0) is 0 Å². The lowest BCUT2D eigenvalue weighted by Gasteiger charge is -2.13. The highest BCUT2D eigenvalue weighted by molar-refractivity contribution is 6.36. The molecule has 5 heterocycles. The summed E-state index contributed by atoms with van der Waals surface area (Å²) in [7, 11) is 0. The van der Waals surface area contributed by atoms with Gasteiger partial charge >= 0.3 is 0 Å². The van der Waals surface area contributed by atoms with Crippen LogP contribution in [0.3, 0.4) is 0 Å². The lowest BCUT2D eigenvalue weighted by molar-refractivity contribution is 0.978. The minimum atomic E-state index is 0.823. The molecule has 14 aromatic rings. The third kappa shape index (κ3) is 3.98. The number of benzene rings is 9. The molecular formula is C54H31N5. The summed E-state index contributed by atoms with van der Waals surface area (Å²) < 4.78 is 7.23. The highest BCUT2D eigenvalue weighted by Gasteiger charge is 2.27. The number of rotatable bonds is 3. The Hall–Kier alpha value is -8.02. The van der Waals surface area contributed by atoms with Crippen LogP contribution in [0.25, 0.3) is 126 Å². The molecule has 5 nitrogen and oxygen atoms in total. The zero-order chi connectivity index (χ0) is 38.3. The molecule has 0 atom stereocenters. The van der Waals surface area contributed by atoms with Gasteiger partial charge < -0.3 is 8.97 Å². The fourth-order valence-corrected chi connectivity index (χ4v) is 10.4. The minimum Gasteiger partial charge on any atom is -0.309 e. The Morgan fingerprint density at radius 3 is 1.75 bits per heavy atom. The second-order valence-corrected chi connectivity index (χ2v) is 15.8. The van der Waals surface area contributed by atoms with Crippen molar-refractivity contribution in [2.75, 3.05) is 0 Å². The number of aromatic nitrogens is 5. The van der Waals surface area contributed by atoms with E-state index in [9.17, 15) is 0 Å². The van der Waals surface area contributed by atoms with E-state index < -0.39 is 0 Å². The maximum atomic E-state index is 5.27. The first-order chi connectivity index (χ1) is 29.3. The van der Waals surface area contributed by atoms with Crippen molar-refractivity contribution in [2.24, 2.45) is 0 Å². The van der Waals surface area contributed by atoms with Crippen molar-refractivity contribution in [3.8, 4) is 22.8 Å². The van der Waals surface area contributed by atoms with Crippen LogP contribution in [0.5, 0.6) is 0 Å². The zero-order valence-electron chi connectivity index (χ0n) is 31.6. The smallest absolute Gasteiger partial charge is 0.168 e. The highest BCUT2D eigenvalue weighted by Crippen LogP contribution is 2.48. The van der Waals surface area contributed by atoms with Crippen molar-refractivity contribution in [3.63, 3.8) is 0 Å². The molecule has 0 saturated carbocycles. The second kappa shape index (κ2) is 11.3. The van der Waals surface area contributed by atoms with E-state index in [4.69, 9.17) is 10.2 Å². The summed E-state index contributed by atoms with van der Waals surface area (Å²) in [5.74, 6) is 0.823. The number of nitrogens with zero attached hydrogens (tertiary/aromatic N) is 5. The van der Waals surface area contributed by atoms with Crippen molar-refractivity contribution in [1.82, 2.24) is 23.7 Å². The van der Waals surface area contributed by atoms with E-state index in [2.05, 4.69) is 202 Å². The molecule has 0 fully saturated rings. The van der Waals surface area contributed by atoms with E-state index >= 15 is 0 Å². The van der Waals surface area contributed by atoms with Crippen molar-refractivity contribution < 1.29 is 0 Å². The molecule has 5 aromatic heterocycles. The number of hydrogen-bond acceptors (Lipinski definition) is 2. The van der Waals surface area contributed by atoms with Crippen LogP contribution in [0.2, 0.25) is 0 Å². The van der Waals surface area contributed by atoms with E-state index in [1.165, 1.54) is 75.9 Å². The highest BCUT2D eigenvalue weighted by atomic mass is 15.2. The molecular weight excluding hydrogens is 719 g/mol. The average molecular weight is 750 g/mol. The lowest BCUT2D eigenvalue weighted by Crippen LogP contribution is -2.03.